The Morgan fingerprint density at radius 2 is 1.19 bits per heavy atom. The second-order valence-corrected chi connectivity index (χ2v) is 8.88. The number of unbranched alkanes of at least 4 members (excludes halogenated alkanes) is 12. The smallest absolute Gasteiger partial charge is 0.217 e. The van der Waals surface area contributed by atoms with Crippen molar-refractivity contribution in [2.24, 2.45) is 5.92 Å². The predicted molar refractivity (Wildman–Crippen MR) is 118 cm³/mol. The zero-order chi connectivity index (χ0) is 20.3. The Balaban J connectivity index is 3.58. The molecule has 0 aliphatic rings. The van der Waals surface area contributed by atoms with Gasteiger partial charge < -0.3 is 10.4 Å². The van der Waals surface area contributed by atoms with Gasteiger partial charge in [0.15, 0.2) is 0 Å². The lowest BCUT2D eigenvalue weighted by atomic mass is 9.96. The summed E-state index contributed by atoms with van der Waals surface area (Å²) in [6.45, 7) is 8.18. The summed E-state index contributed by atoms with van der Waals surface area (Å²) in [5, 5.41) is 13.4. The van der Waals surface area contributed by atoms with Crippen molar-refractivity contribution < 1.29 is 9.90 Å². The second-order valence-electron chi connectivity index (χ2n) is 8.88. The molecule has 0 heterocycles. The van der Waals surface area contributed by atoms with Crippen LogP contribution < -0.4 is 5.32 Å². The average molecular weight is 384 g/mol. The zero-order valence-electron chi connectivity index (χ0n) is 18.9. The normalized spacial score (nSPS) is 13.7. The van der Waals surface area contributed by atoms with E-state index in [4.69, 9.17) is 0 Å². The third-order valence-corrected chi connectivity index (χ3v) is 5.51. The lowest BCUT2D eigenvalue weighted by Crippen LogP contribution is -2.42. The molecule has 0 saturated carbocycles. The van der Waals surface area contributed by atoms with Gasteiger partial charge in [-0.05, 0) is 25.2 Å². The van der Waals surface area contributed by atoms with E-state index in [0.29, 0.717) is 5.92 Å². The highest BCUT2D eigenvalue weighted by Gasteiger charge is 2.19. The van der Waals surface area contributed by atoms with Crippen molar-refractivity contribution in [3.8, 4) is 0 Å². The van der Waals surface area contributed by atoms with Crippen LogP contribution in [0.5, 0.6) is 0 Å². The zero-order valence-corrected chi connectivity index (χ0v) is 18.9. The van der Waals surface area contributed by atoms with Gasteiger partial charge in [-0.15, -0.1) is 0 Å². The molecule has 3 nitrogen and oxygen atoms in total. The minimum Gasteiger partial charge on any atom is -0.391 e. The van der Waals surface area contributed by atoms with E-state index in [2.05, 4.69) is 26.1 Å². The van der Waals surface area contributed by atoms with Crippen LogP contribution in [0.1, 0.15) is 130 Å². The molecular formula is C24H49NO2. The van der Waals surface area contributed by atoms with Crippen LogP contribution in [-0.4, -0.2) is 23.2 Å². The van der Waals surface area contributed by atoms with Crippen LogP contribution >= 0.6 is 0 Å². The van der Waals surface area contributed by atoms with E-state index in [1.807, 2.05) is 0 Å². The maximum Gasteiger partial charge on any atom is 0.217 e. The van der Waals surface area contributed by atoms with E-state index in [9.17, 15) is 9.90 Å². The first kappa shape index (κ1) is 26.4. The number of carbonyl (C=O) groups is 1. The first-order chi connectivity index (χ1) is 13.0. The van der Waals surface area contributed by atoms with Crippen molar-refractivity contribution in [2.75, 3.05) is 0 Å². The van der Waals surface area contributed by atoms with Crippen LogP contribution in [0.4, 0.5) is 0 Å². The molecule has 2 unspecified atom stereocenters. The summed E-state index contributed by atoms with van der Waals surface area (Å²) in [5.74, 6) is 0.568. The van der Waals surface area contributed by atoms with Crippen LogP contribution in [0.15, 0.2) is 0 Å². The molecule has 0 aromatic heterocycles. The Kier molecular flexibility index (Phi) is 18.4. The van der Waals surface area contributed by atoms with Crippen LogP contribution in [0.3, 0.4) is 0 Å². The van der Waals surface area contributed by atoms with Crippen LogP contribution in [0.2, 0.25) is 0 Å². The van der Waals surface area contributed by atoms with E-state index in [1.165, 1.54) is 77.0 Å². The third-order valence-electron chi connectivity index (χ3n) is 5.51. The molecule has 0 radical (unpaired) electrons. The highest BCUT2D eigenvalue weighted by Crippen LogP contribution is 2.16. The number of aliphatic hydroxyl groups excluding tert-OH is 1. The molecule has 27 heavy (non-hydrogen) atoms. The molecule has 0 aromatic rings. The Labute approximate surface area is 170 Å². The summed E-state index contributed by atoms with van der Waals surface area (Å²) >= 11 is 0. The van der Waals surface area contributed by atoms with E-state index < -0.39 is 6.10 Å². The molecule has 0 rings (SSSR count). The summed E-state index contributed by atoms with van der Waals surface area (Å²) in [6, 6.07) is -0.0813. The Hall–Kier alpha value is -0.570. The number of rotatable bonds is 19. The van der Waals surface area contributed by atoms with Gasteiger partial charge in [-0.25, -0.2) is 0 Å². The number of carbonyl (C=O) groups excluding carboxylic acids is 1. The van der Waals surface area contributed by atoms with E-state index in [1.54, 1.807) is 6.92 Å². The van der Waals surface area contributed by atoms with Crippen molar-refractivity contribution in [1.82, 2.24) is 5.32 Å². The monoisotopic (exact) mass is 383 g/mol. The van der Waals surface area contributed by atoms with Crippen molar-refractivity contribution >= 4 is 5.91 Å². The van der Waals surface area contributed by atoms with E-state index >= 15 is 0 Å². The topological polar surface area (TPSA) is 49.3 Å². The van der Waals surface area contributed by atoms with Gasteiger partial charge in [0.05, 0.1) is 12.1 Å². The molecule has 0 aromatic carbocycles. The lowest BCUT2D eigenvalue weighted by Gasteiger charge is -2.24. The average Bonchev–Trinajstić information content (AvgIpc) is 2.61. The standard InChI is InChI=1S/C24H49NO2/c1-5-6-7-8-9-10-11-12-13-14-15-16-17-18-24(27)23(25-22(4)26)20-19-21(2)3/h21,23-24,27H,5-20H2,1-4H3,(H,25,26). The highest BCUT2D eigenvalue weighted by atomic mass is 16.3. The maximum absolute atomic E-state index is 11.4. The van der Waals surface area contributed by atoms with Crippen molar-refractivity contribution in [1.29, 1.82) is 0 Å². The summed E-state index contributed by atoms with van der Waals surface area (Å²) in [5.41, 5.74) is 0. The molecule has 2 atom stereocenters. The van der Waals surface area contributed by atoms with Gasteiger partial charge in [0.2, 0.25) is 5.91 Å². The summed E-state index contributed by atoms with van der Waals surface area (Å²) < 4.78 is 0. The van der Waals surface area contributed by atoms with Crippen LogP contribution in [0.25, 0.3) is 0 Å². The molecule has 0 spiro atoms. The quantitative estimate of drug-likeness (QED) is 0.242. The van der Waals surface area contributed by atoms with Crippen molar-refractivity contribution in [2.45, 2.75) is 143 Å². The van der Waals surface area contributed by atoms with Crippen LogP contribution in [0, 0.1) is 5.92 Å². The fraction of sp³-hybridized carbons (Fsp3) is 0.958. The van der Waals surface area contributed by atoms with Crippen molar-refractivity contribution in [3.05, 3.63) is 0 Å². The molecule has 1 amide bonds. The lowest BCUT2D eigenvalue weighted by molar-refractivity contribution is -0.120. The minimum absolute atomic E-state index is 0.0341. The summed E-state index contributed by atoms with van der Waals surface area (Å²) in [6.07, 6.45) is 19.8. The van der Waals surface area contributed by atoms with Gasteiger partial charge >= 0.3 is 0 Å². The SMILES string of the molecule is CCCCCCCCCCCCCCCC(O)C(CCC(C)C)NC(C)=O. The first-order valence-corrected chi connectivity index (χ1v) is 11.9. The van der Waals surface area contributed by atoms with Gasteiger partial charge in [-0.1, -0.05) is 104 Å². The second kappa shape index (κ2) is 18.8. The Morgan fingerprint density at radius 3 is 1.59 bits per heavy atom. The Bertz CT molecular complexity index is 330. The van der Waals surface area contributed by atoms with Gasteiger partial charge in [-0.2, -0.15) is 0 Å². The molecule has 0 bridgehead atoms. The predicted octanol–water partition coefficient (Wildman–Crippen LogP) is 6.77. The van der Waals surface area contributed by atoms with Gasteiger partial charge in [0, 0.05) is 6.92 Å². The molecule has 0 saturated heterocycles. The molecule has 162 valence electrons. The first-order valence-electron chi connectivity index (χ1n) is 11.9. The van der Waals surface area contributed by atoms with Gasteiger partial charge in [-0.3, -0.25) is 4.79 Å². The number of hydrogen-bond donors (Lipinski definition) is 2. The molecule has 0 aliphatic heterocycles. The minimum atomic E-state index is -0.402. The molecule has 0 fully saturated rings. The van der Waals surface area contributed by atoms with Gasteiger partial charge in [0.1, 0.15) is 0 Å². The molecular weight excluding hydrogens is 334 g/mol. The number of aliphatic hydroxyl groups is 1. The van der Waals surface area contributed by atoms with Gasteiger partial charge in [0.25, 0.3) is 0 Å². The molecule has 0 aliphatic carbocycles. The maximum atomic E-state index is 11.4. The number of amides is 1. The fourth-order valence-corrected chi connectivity index (χ4v) is 3.71. The summed E-state index contributed by atoms with van der Waals surface area (Å²) in [7, 11) is 0. The highest BCUT2D eigenvalue weighted by molar-refractivity contribution is 5.73. The van der Waals surface area contributed by atoms with Crippen LogP contribution in [-0.2, 0) is 4.79 Å². The van der Waals surface area contributed by atoms with Crippen molar-refractivity contribution in [3.63, 3.8) is 0 Å². The summed E-state index contributed by atoms with van der Waals surface area (Å²) in [4.78, 5) is 11.4. The largest absolute Gasteiger partial charge is 0.391 e. The third kappa shape index (κ3) is 18.6. The molecule has 2 N–H and O–H groups in total. The number of nitrogens with one attached hydrogen (secondary N) is 1. The molecule has 3 heteroatoms. The fourth-order valence-electron chi connectivity index (χ4n) is 3.71. The number of hydrogen-bond acceptors (Lipinski definition) is 2. The Morgan fingerprint density at radius 1 is 0.741 bits per heavy atom. The van der Waals surface area contributed by atoms with E-state index in [0.717, 1.165) is 25.7 Å². The van der Waals surface area contributed by atoms with E-state index in [-0.39, 0.29) is 11.9 Å².